The minimum atomic E-state index is 0. The van der Waals surface area contributed by atoms with Gasteiger partial charge in [-0.2, -0.15) is 0 Å². The normalized spacial score (nSPS) is 9.56. The number of hydrogen-bond donors (Lipinski definition) is 0. The van der Waals surface area contributed by atoms with Crippen LogP contribution in [0.15, 0.2) is 0 Å². The zero-order valence-electron chi connectivity index (χ0n) is 26.1. The van der Waals surface area contributed by atoms with Crippen LogP contribution in [0, 0.1) is 0 Å². The predicted molar refractivity (Wildman–Crippen MR) is 163 cm³/mol. The topological polar surface area (TPSA) is 0 Å². The quantitative estimate of drug-likeness (QED) is 0.102. The molecule has 0 atom stereocenters. The van der Waals surface area contributed by atoms with Gasteiger partial charge in [0.1, 0.15) is 0 Å². The minimum absolute atomic E-state index is 0. The molecule has 0 aliphatic carbocycles. The van der Waals surface area contributed by atoms with Gasteiger partial charge in [0.15, 0.2) is 0 Å². The van der Waals surface area contributed by atoms with Crippen LogP contribution in [0.3, 0.4) is 0 Å². The first-order valence-corrected chi connectivity index (χ1v) is 14.7. The van der Waals surface area contributed by atoms with Crippen LogP contribution >= 0.6 is 17.0 Å². The number of hydrogen-bond acceptors (Lipinski definition) is 0. The first-order valence-electron chi connectivity index (χ1n) is 14.7. The summed E-state index contributed by atoms with van der Waals surface area (Å²) in [5.74, 6) is 0. The Kier molecular flexibility index (Phi) is 66.9. The second-order valence-corrected chi connectivity index (χ2v) is 9.36. The van der Waals surface area contributed by atoms with Gasteiger partial charge in [-0.1, -0.05) is 196 Å². The van der Waals surface area contributed by atoms with E-state index in [1.54, 1.807) is 0 Å². The molecule has 0 radical (unpaired) electrons. The van der Waals surface area contributed by atoms with E-state index >= 15 is 0 Å². The zero-order chi connectivity index (χ0) is 23.0. The molecule has 0 spiro atoms. The van der Waals surface area contributed by atoms with Crippen molar-refractivity contribution in [3.63, 3.8) is 0 Å². The summed E-state index contributed by atoms with van der Waals surface area (Å²) in [5.41, 5.74) is 0. The number of halogens is 1. The van der Waals surface area contributed by atoms with Gasteiger partial charge in [0.05, 0.1) is 0 Å². The van der Waals surface area contributed by atoms with Crippen molar-refractivity contribution in [1.29, 1.82) is 0 Å². The number of rotatable bonds is 21. The van der Waals surface area contributed by atoms with Gasteiger partial charge in [-0.05, 0) is 0 Å². The van der Waals surface area contributed by atoms with Gasteiger partial charge in [0, 0.05) is 0 Å². The maximum absolute atomic E-state index is 2.27. The van der Waals surface area contributed by atoms with Gasteiger partial charge in [-0.25, -0.2) is 0 Å². The van der Waals surface area contributed by atoms with E-state index in [1.807, 2.05) is 0 Å². The summed E-state index contributed by atoms with van der Waals surface area (Å²) < 4.78 is 0. The summed E-state index contributed by atoms with van der Waals surface area (Å²) in [6.45, 7) is 13.6. The largest absolute Gasteiger partial charge is 2.00 e. The molecule has 0 N–H and O–H groups in total. The summed E-state index contributed by atoms with van der Waals surface area (Å²) in [7, 11) is 0. The second-order valence-electron chi connectivity index (χ2n) is 9.36. The third-order valence-corrected chi connectivity index (χ3v) is 5.87. The molecule has 0 aliphatic rings. The second kappa shape index (κ2) is 49.4. The maximum atomic E-state index is 2.27. The summed E-state index contributed by atoms with van der Waals surface area (Å²) in [6, 6.07) is 0. The van der Waals surface area contributed by atoms with Gasteiger partial charge in [-0.15, -0.1) is 17.0 Å². The van der Waals surface area contributed by atoms with Crippen LogP contribution in [0.25, 0.3) is 0 Å². The average molecular weight is 534 g/mol. The maximum Gasteiger partial charge on any atom is 2.00 e. The van der Waals surface area contributed by atoms with Crippen LogP contribution in [-0.2, 0) is 0 Å². The van der Waals surface area contributed by atoms with E-state index in [2.05, 4.69) is 41.5 Å². The van der Waals surface area contributed by atoms with Gasteiger partial charge in [0.2, 0.25) is 0 Å². The summed E-state index contributed by atoms with van der Waals surface area (Å²) in [6.07, 6.45) is 34.4. The monoisotopic (exact) mass is 532 g/mol. The van der Waals surface area contributed by atoms with Crippen LogP contribution in [0.1, 0.15) is 198 Å². The van der Waals surface area contributed by atoms with Crippen LogP contribution < -0.4 is 0 Å². The Morgan fingerprint density at radius 2 is 0.344 bits per heavy atom. The van der Waals surface area contributed by atoms with E-state index in [4.69, 9.17) is 0 Å². The Morgan fingerprint density at radius 1 is 0.250 bits per heavy atom. The van der Waals surface area contributed by atoms with Crippen molar-refractivity contribution >= 4 is 40.0 Å². The predicted octanol–water partition coefficient (Wildman–Crippen LogP) is 12.9. The molecule has 0 saturated heterocycles. The standard InChI is InChI=1S/3C10H22.BrH.Mg.2H/c3*1-3-5-7-9-10-8-6-4-2;;;;/h3*3-10H2,1-2H3;1H;;;/q;;;;+2;2*-1. The molecule has 0 saturated carbocycles. The van der Waals surface area contributed by atoms with E-state index in [0.29, 0.717) is 0 Å². The van der Waals surface area contributed by atoms with Crippen molar-refractivity contribution in [3.8, 4) is 0 Å². The number of unbranched alkanes of at least 4 members (excludes halogenated alkanes) is 21. The molecular weight excluding hydrogens is 465 g/mol. The van der Waals surface area contributed by atoms with Gasteiger partial charge in [-0.3, -0.25) is 0 Å². The molecule has 0 unspecified atom stereocenters. The molecule has 0 rings (SSSR count). The fourth-order valence-electron chi connectivity index (χ4n) is 3.62. The van der Waals surface area contributed by atoms with Crippen LogP contribution in [0.5, 0.6) is 0 Å². The van der Waals surface area contributed by atoms with E-state index < -0.39 is 0 Å². The molecule has 0 amide bonds. The van der Waals surface area contributed by atoms with Crippen molar-refractivity contribution < 1.29 is 2.85 Å². The molecular formula is C30H69BrMg. The fourth-order valence-corrected chi connectivity index (χ4v) is 3.62. The van der Waals surface area contributed by atoms with E-state index in [1.165, 1.54) is 154 Å². The van der Waals surface area contributed by atoms with E-state index in [-0.39, 0.29) is 42.9 Å². The molecule has 0 aliphatic heterocycles. The first-order chi connectivity index (χ1) is 14.7. The molecule has 0 nitrogen and oxygen atoms in total. The zero-order valence-corrected chi connectivity index (χ0v) is 27.2. The average Bonchev–Trinajstić information content (AvgIpc) is 2.77. The smallest absolute Gasteiger partial charge is 1.00 e. The summed E-state index contributed by atoms with van der Waals surface area (Å²) in [5, 5.41) is 0. The SMILES string of the molecule is Br.CCCCCCCCCC.CCCCCCCCCC.CCCCCCCCCC.[H-].[H-].[Mg+2]. The molecule has 198 valence electrons. The Bertz CT molecular complexity index is 182. The van der Waals surface area contributed by atoms with Gasteiger partial charge < -0.3 is 2.85 Å². The Morgan fingerprint density at radius 3 is 0.438 bits per heavy atom. The fraction of sp³-hybridized carbons (Fsp3) is 1.00. The van der Waals surface area contributed by atoms with Gasteiger partial charge >= 0.3 is 23.1 Å². The van der Waals surface area contributed by atoms with Gasteiger partial charge in [0.25, 0.3) is 0 Å². The Labute approximate surface area is 237 Å². The Balaban J connectivity index is -0.0000000607. The first kappa shape index (κ1) is 43.3. The van der Waals surface area contributed by atoms with E-state index in [9.17, 15) is 0 Å². The molecule has 2 heteroatoms. The molecule has 32 heavy (non-hydrogen) atoms. The van der Waals surface area contributed by atoms with Crippen molar-refractivity contribution in [2.75, 3.05) is 0 Å². The third-order valence-electron chi connectivity index (χ3n) is 5.87. The molecule has 0 aromatic rings. The van der Waals surface area contributed by atoms with Crippen LogP contribution in [0.2, 0.25) is 0 Å². The molecule has 0 fully saturated rings. The van der Waals surface area contributed by atoms with Crippen molar-refractivity contribution in [1.82, 2.24) is 0 Å². The van der Waals surface area contributed by atoms with Crippen LogP contribution in [0.4, 0.5) is 0 Å². The summed E-state index contributed by atoms with van der Waals surface area (Å²) >= 11 is 0. The Hall–Kier alpha value is 1.25. The van der Waals surface area contributed by atoms with Crippen molar-refractivity contribution in [3.05, 3.63) is 0 Å². The molecule has 0 aromatic heterocycles. The van der Waals surface area contributed by atoms with Crippen molar-refractivity contribution in [2.24, 2.45) is 0 Å². The van der Waals surface area contributed by atoms with E-state index in [0.717, 1.165) is 0 Å². The molecule has 0 heterocycles. The third kappa shape index (κ3) is 57.8. The van der Waals surface area contributed by atoms with Crippen LogP contribution in [-0.4, -0.2) is 23.1 Å². The minimum Gasteiger partial charge on any atom is -1.00 e. The summed E-state index contributed by atoms with van der Waals surface area (Å²) in [4.78, 5) is 0. The molecule has 0 bridgehead atoms. The molecule has 0 aromatic carbocycles. The van der Waals surface area contributed by atoms with Crippen molar-refractivity contribution in [2.45, 2.75) is 196 Å².